The summed E-state index contributed by atoms with van der Waals surface area (Å²) in [7, 11) is 0. The Labute approximate surface area is 178 Å². The predicted molar refractivity (Wildman–Crippen MR) is 118 cm³/mol. The summed E-state index contributed by atoms with van der Waals surface area (Å²) in [5.41, 5.74) is 3.37. The average molecular weight is 405 g/mol. The third-order valence-electron chi connectivity index (χ3n) is 4.89. The molecule has 0 aromatic heterocycles. The van der Waals surface area contributed by atoms with Crippen molar-refractivity contribution in [2.24, 2.45) is 5.92 Å². The van der Waals surface area contributed by atoms with Gasteiger partial charge >= 0.3 is 0 Å². The van der Waals surface area contributed by atoms with E-state index in [1.165, 1.54) is 0 Å². The third kappa shape index (κ3) is 5.95. The minimum atomic E-state index is -0.300. The molecular weight excluding hydrogens is 376 g/mol. The molecule has 0 radical (unpaired) electrons. The van der Waals surface area contributed by atoms with Crippen LogP contribution in [0.4, 0.5) is 5.69 Å². The molecule has 0 bridgehead atoms. The minimum Gasteiger partial charge on any atom is -0.380 e. The molecule has 2 amide bonds. The van der Waals surface area contributed by atoms with Gasteiger partial charge in [0.2, 0.25) is 11.8 Å². The van der Waals surface area contributed by atoms with Crippen molar-refractivity contribution in [1.82, 2.24) is 5.32 Å². The molecule has 2 aromatic carbocycles. The lowest BCUT2D eigenvalue weighted by Crippen LogP contribution is -2.37. The molecule has 5 heteroatoms. The molecule has 0 saturated heterocycles. The molecule has 0 atom stereocenters. The number of hydrogen-bond donors (Lipinski definition) is 1. The van der Waals surface area contributed by atoms with Crippen molar-refractivity contribution in [3.8, 4) is 11.8 Å². The number of carbonyl (C=O) groups is 2. The molecule has 1 N–H and O–H groups in total. The van der Waals surface area contributed by atoms with Gasteiger partial charge in [-0.05, 0) is 36.1 Å². The van der Waals surface area contributed by atoms with E-state index in [0.717, 1.165) is 28.8 Å². The van der Waals surface area contributed by atoms with Crippen LogP contribution in [-0.4, -0.2) is 31.6 Å². The Bertz CT molecular complexity index is 956. The topological polar surface area (TPSA) is 58.6 Å². The Hall–Kier alpha value is -3.10. The molecule has 3 rings (SSSR count). The Morgan fingerprint density at radius 3 is 2.53 bits per heavy atom. The first kappa shape index (κ1) is 21.6. The van der Waals surface area contributed by atoms with Crippen molar-refractivity contribution < 1.29 is 14.3 Å². The number of benzene rings is 2. The molecule has 0 fully saturated rings. The SMILES string of the molecule is CC(C)CCOCCNC(=O)CC(=O)N1Cc2ccccc2C#Cc2ccccc21. The molecule has 0 spiro atoms. The van der Waals surface area contributed by atoms with Crippen molar-refractivity contribution in [3.63, 3.8) is 0 Å². The molecule has 30 heavy (non-hydrogen) atoms. The van der Waals surface area contributed by atoms with E-state index in [2.05, 4.69) is 31.0 Å². The van der Waals surface area contributed by atoms with Crippen LogP contribution >= 0.6 is 0 Å². The number of rotatable bonds is 8. The standard InChI is InChI=1S/C25H28N2O3/c1-19(2)13-15-30-16-14-26-24(28)17-25(29)27-18-22-9-4-3-7-20(22)11-12-21-8-5-6-10-23(21)27/h3-10,19H,13-18H2,1-2H3,(H,26,28). The van der Waals surface area contributed by atoms with Gasteiger partial charge in [0, 0.05) is 24.3 Å². The highest BCUT2D eigenvalue weighted by molar-refractivity contribution is 6.05. The Morgan fingerprint density at radius 2 is 1.73 bits per heavy atom. The zero-order chi connectivity index (χ0) is 21.3. The van der Waals surface area contributed by atoms with Gasteiger partial charge in [0.05, 0.1) is 18.8 Å². The Kier molecular flexibility index (Phi) is 7.64. The zero-order valence-electron chi connectivity index (χ0n) is 17.6. The van der Waals surface area contributed by atoms with Crippen LogP contribution in [0.2, 0.25) is 0 Å². The number of nitrogens with one attached hydrogen (secondary N) is 1. The van der Waals surface area contributed by atoms with Gasteiger partial charge < -0.3 is 15.0 Å². The molecular formula is C25H28N2O3. The van der Waals surface area contributed by atoms with Gasteiger partial charge in [-0.2, -0.15) is 0 Å². The quantitative estimate of drug-likeness (QED) is 0.416. The van der Waals surface area contributed by atoms with Gasteiger partial charge in [-0.25, -0.2) is 0 Å². The summed E-state index contributed by atoms with van der Waals surface area (Å²) in [5.74, 6) is 6.39. The first-order valence-corrected chi connectivity index (χ1v) is 10.4. The van der Waals surface area contributed by atoms with Crippen LogP contribution in [0.3, 0.4) is 0 Å². The molecule has 0 aliphatic carbocycles. The monoisotopic (exact) mass is 404 g/mol. The second-order valence-corrected chi connectivity index (χ2v) is 7.73. The number of para-hydroxylation sites is 1. The van der Waals surface area contributed by atoms with E-state index in [4.69, 9.17) is 4.74 Å². The molecule has 1 heterocycles. The largest absolute Gasteiger partial charge is 0.380 e. The van der Waals surface area contributed by atoms with Crippen LogP contribution < -0.4 is 10.2 Å². The highest BCUT2D eigenvalue weighted by Gasteiger charge is 2.23. The lowest BCUT2D eigenvalue weighted by Gasteiger charge is -2.25. The summed E-state index contributed by atoms with van der Waals surface area (Å²) in [5, 5.41) is 2.77. The molecule has 5 nitrogen and oxygen atoms in total. The lowest BCUT2D eigenvalue weighted by atomic mass is 10.0. The lowest BCUT2D eigenvalue weighted by molar-refractivity contribution is -0.128. The Morgan fingerprint density at radius 1 is 1.03 bits per heavy atom. The number of carbonyl (C=O) groups excluding carboxylic acids is 2. The highest BCUT2D eigenvalue weighted by atomic mass is 16.5. The summed E-state index contributed by atoms with van der Waals surface area (Å²) in [6.07, 6.45) is 0.779. The van der Waals surface area contributed by atoms with E-state index in [0.29, 0.717) is 32.2 Å². The molecule has 2 aromatic rings. The van der Waals surface area contributed by atoms with Gasteiger partial charge in [-0.3, -0.25) is 9.59 Å². The van der Waals surface area contributed by atoms with Gasteiger partial charge in [-0.1, -0.05) is 56.0 Å². The first-order chi connectivity index (χ1) is 14.5. The van der Waals surface area contributed by atoms with Crippen molar-refractivity contribution >= 4 is 17.5 Å². The van der Waals surface area contributed by atoms with E-state index >= 15 is 0 Å². The van der Waals surface area contributed by atoms with Crippen LogP contribution in [0.15, 0.2) is 48.5 Å². The zero-order valence-corrected chi connectivity index (χ0v) is 17.6. The van der Waals surface area contributed by atoms with Crippen molar-refractivity contribution in [2.75, 3.05) is 24.7 Å². The second kappa shape index (κ2) is 10.6. The summed E-state index contributed by atoms with van der Waals surface area (Å²) >= 11 is 0. The average Bonchev–Trinajstić information content (AvgIpc) is 2.72. The van der Waals surface area contributed by atoms with Gasteiger partial charge in [0.25, 0.3) is 0 Å². The number of nitrogens with zero attached hydrogens (tertiary/aromatic N) is 1. The molecule has 0 saturated carbocycles. The molecule has 0 unspecified atom stereocenters. The number of anilines is 1. The van der Waals surface area contributed by atoms with Crippen LogP contribution in [0.25, 0.3) is 0 Å². The van der Waals surface area contributed by atoms with E-state index in [1.54, 1.807) is 4.90 Å². The van der Waals surface area contributed by atoms with E-state index < -0.39 is 0 Å². The van der Waals surface area contributed by atoms with Crippen LogP contribution in [0.5, 0.6) is 0 Å². The van der Waals surface area contributed by atoms with Gasteiger partial charge in [0.15, 0.2) is 0 Å². The van der Waals surface area contributed by atoms with E-state index in [1.807, 2.05) is 48.5 Å². The first-order valence-electron chi connectivity index (χ1n) is 10.4. The minimum absolute atomic E-state index is 0.212. The smallest absolute Gasteiger partial charge is 0.236 e. The van der Waals surface area contributed by atoms with Crippen molar-refractivity contribution in [3.05, 3.63) is 65.2 Å². The third-order valence-corrected chi connectivity index (χ3v) is 4.89. The van der Waals surface area contributed by atoms with Crippen molar-refractivity contribution in [2.45, 2.75) is 33.2 Å². The maximum Gasteiger partial charge on any atom is 0.236 e. The van der Waals surface area contributed by atoms with Gasteiger partial charge in [-0.15, -0.1) is 0 Å². The normalized spacial score (nSPS) is 12.2. The molecule has 1 aliphatic rings. The predicted octanol–water partition coefficient (Wildman–Crippen LogP) is 3.50. The van der Waals surface area contributed by atoms with Crippen molar-refractivity contribution in [1.29, 1.82) is 0 Å². The molecule has 156 valence electrons. The summed E-state index contributed by atoms with van der Waals surface area (Å²) in [4.78, 5) is 27.0. The maximum absolute atomic E-state index is 13.0. The van der Waals surface area contributed by atoms with Crippen LogP contribution in [0, 0.1) is 17.8 Å². The second-order valence-electron chi connectivity index (χ2n) is 7.73. The van der Waals surface area contributed by atoms with Gasteiger partial charge in [0.1, 0.15) is 6.42 Å². The Balaban J connectivity index is 1.64. The van der Waals surface area contributed by atoms with Crippen LogP contribution in [-0.2, 0) is 20.9 Å². The number of amides is 2. The van der Waals surface area contributed by atoms with Crippen LogP contribution in [0.1, 0.15) is 43.4 Å². The summed E-state index contributed by atoms with van der Waals surface area (Å²) in [6, 6.07) is 15.3. The fourth-order valence-electron chi connectivity index (χ4n) is 3.19. The van der Waals surface area contributed by atoms with E-state index in [-0.39, 0.29) is 18.2 Å². The van der Waals surface area contributed by atoms with E-state index in [9.17, 15) is 9.59 Å². The summed E-state index contributed by atoms with van der Waals surface area (Å²) < 4.78 is 5.51. The maximum atomic E-state index is 13.0. The fourth-order valence-corrected chi connectivity index (χ4v) is 3.19. The number of hydrogen-bond acceptors (Lipinski definition) is 3. The molecule has 1 aliphatic heterocycles. The fraction of sp³-hybridized carbons (Fsp3) is 0.360. The number of fused-ring (bicyclic) bond motifs is 2. The highest BCUT2D eigenvalue weighted by Crippen LogP contribution is 2.25. The summed E-state index contributed by atoms with van der Waals surface area (Å²) in [6.45, 7) is 6.19. The number of ether oxygens (including phenoxy) is 1.